The van der Waals surface area contributed by atoms with Gasteiger partial charge in [0.25, 0.3) is 5.91 Å². The number of nitrogens with zero attached hydrogens (tertiary/aromatic N) is 3. The summed E-state index contributed by atoms with van der Waals surface area (Å²) in [5.74, 6) is 1.36. The number of likely N-dealkylation sites (N-methyl/N-ethyl adjacent to an activating group) is 1. The zero-order valence-corrected chi connectivity index (χ0v) is 16.2. The summed E-state index contributed by atoms with van der Waals surface area (Å²) in [6, 6.07) is 13.2. The molecule has 2 aromatic heterocycles. The topological polar surface area (TPSA) is 76.6 Å². The van der Waals surface area contributed by atoms with Crippen LogP contribution in [0.5, 0.6) is 11.5 Å². The summed E-state index contributed by atoms with van der Waals surface area (Å²) in [7, 11) is 1.78. The van der Waals surface area contributed by atoms with Crippen molar-refractivity contribution in [1.29, 1.82) is 0 Å². The highest BCUT2D eigenvalue weighted by molar-refractivity contribution is 5.92. The molecule has 0 fully saturated rings. The maximum absolute atomic E-state index is 12.6. The van der Waals surface area contributed by atoms with Crippen molar-refractivity contribution in [3.63, 3.8) is 0 Å². The Kier molecular flexibility index (Phi) is 5.56. The van der Waals surface area contributed by atoms with Crippen molar-refractivity contribution < 1.29 is 14.3 Å². The van der Waals surface area contributed by atoms with Crippen LogP contribution in [0.1, 0.15) is 16.1 Å². The van der Waals surface area contributed by atoms with E-state index in [0.29, 0.717) is 25.5 Å². The predicted octanol–water partition coefficient (Wildman–Crippen LogP) is 3.31. The quantitative estimate of drug-likeness (QED) is 0.696. The molecule has 1 amide bonds. The molecule has 0 saturated carbocycles. The average Bonchev–Trinajstić information content (AvgIpc) is 2.78. The van der Waals surface area contributed by atoms with Gasteiger partial charge in [-0.05, 0) is 48.4 Å². The number of hydrogen-bond donors (Lipinski definition) is 1. The smallest absolute Gasteiger partial charge is 0.272 e. The first-order valence-corrected chi connectivity index (χ1v) is 9.46. The number of nitrogens with one attached hydrogen (secondary N) is 1. The molecule has 1 N–H and O–H groups in total. The van der Waals surface area contributed by atoms with Crippen LogP contribution in [0.15, 0.2) is 61.1 Å². The first kappa shape index (κ1) is 18.7. The van der Waals surface area contributed by atoms with Crippen molar-refractivity contribution in [1.82, 2.24) is 14.9 Å². The van der Waals surface area contributed by atoms with Crippen molar-refractivity contribution in [3.8, 4) is 11.5 Å². The highest BCUT2D eigenvalue weighted by atomic mass is 16.6. The molecule has 7 heteroatoms. The summed E-state index contributed by atoms with van der Waals surface area (Å²) in [6.45, 7) is 1.72. The fourth-order valence-corrected chi connectivity index (χ4v) is 3.03. The lowest BCUT2D eigenvalue weighted by Crippen LogP contribution is -2.29. The summed E-state index contributed by atoms with van der Waals surface area (Å²) in [6.07, 6.45) is 5.94. The number of anilines is 2. The van der Waals surface area contributed by atoms with E-state index in [1.807, 2.05) is 36.4 Å². The molecule has 29 heavy (non-hydrogen) atoms. The fraction of sp³-hybridized carbons (Fsp3) is 0.227. The van der Waals surface area contributed by atoms with Gasteiger partial charge in [-0.25, -0.2) is 4.98 Å². The second-order valence-electron chi connectivity index (χ2n) is 6.75. The van der Waals surface area contributed by atoms with Crippen LogP contribution in [-0.2, 0) is 6.42 Å². The Labute approximate surface area is 169 Å². The van der Waals surface area contributed by atoms with E-state index in [1.54, 1.807) is 36.6 Å². The normalized spacial score (nSPS) is 12.3. The van der Waals surface area contributed by atoms with E-state index in [1.165, 1.54) is 0 Å². The van der Waals surface area contributed by atoms with Crippen molar-refractivity contribution >= 4 is 17.3 Å². The molecule has 1 aliphatic rings. The Morgan fingerprint density at radius 2 is 1.79 bits per heavy atom. The minimum absolute atomic E-state index is 0.107. The zero-order valence-electron chi connectivity index (χ0n) is 16.2. The zero-order chi connectivity index (χ0) is 20.1. The molecule has 0 atom stereocenters. The minimum Gasteiger partial charge on any atom is -0.486 e. The molecule has 0 unspecified atom stereocenters. The number of hydrogen-bond acceptors (Lipinski definition) is 6. The molecule has 0 aliphatic carbocycles. The number of ether oxygens (including phenoxy) is 2. The third kappa shape index (κ3) is 4.63. The van der Waals surface area contributed by atoms with E-state index >= 15 is 0 Å². The van der Waals surface area contributed by atoms with E-state index in [2.05, 4.69) is 15.3 Å². The van der Waals surface area contributed by atoms with Gasteiger partial charge in [0.1, 0.15) is 18.9 Å². The number of pyridine rings is 2. The van der Waals surface area contributed by atoms with Crippen LogP contribution in [0, 0.1) is 0 Å². The van der Waals surface area contributed by atoms with Gasteiger partial charge in [-0.3, -0.25) is 9.78 Å². The SMILES string of the molecule is CN(CCc1ccncc1)C(=O)c1ccc(Nc2ccc3c(c2)OCCO3)cn1. The number of amides is 1. The Hall–Kier alpha value is -3.61. The molecule has 0 radical (unpaired) electrons. The lowest BCUT2D eigenvalue weighted by molar-refractivity contribution is 0.0791. The van der Waals surface area contributed by atoms with Crippen molar-refractivity contribution in [2.24, 2.45) is 0 Å². The summed E-state index contributed by atoms with van der Waals surface area (Å²) < 4.78 is 11.1. The molecule has 1 aromatic carbocycles. The molecule has 4 rings (SSSR count). The van der Waals surface area contributed by atoms with Crippen LogP contribution in [0.25, 0.3) is 0 Å². The molecule has 3 aromatic rings. The van der Waals surface area contributed by atoms with Gasteiger partial charge in [-0.2, -0.15) is 0 Å². The second-order valence-corrected chi connectivity index (χ2v) is 6.75. The van der Waals surface area contributed by atoms with E-state index < -0.39 is 0 Å². The summed E-state index contributed by atoms with van der Waals surface area (Å²) in [4.78, 5) is 22.6. The van der Waals surface area contributed by atoms with Crippen LogP contribution >= 0.6 is 0 Å². The molecule has 0 saturated heterocycles. The van der Waals surface area contributed by atoms with Crippen molar-refractivity contribution in [2.45, 2.75) is 6.42 Å². The van der Waals surface area contributed by atoms with Gasteiger partial charge in [-0.1, -0.05) is 0 Å². The van der Waals surface area contributed by atoms with E-state index in [9.17, 15) is 4.79 Å². The molecule has 0 spiro atoms. The number of aromatic nitrogens is 2. The minimum atomic E-state index is -0.107. The molecule has 3 heterocycles. The molecule has 7 nitrogen and oxygen atoms in total. The first-order valence-electron chi connectivity index (χ1n) is 9.46. The first-order chi connectivity index (χ1) is 14.2. The number of rotatable bonds is 6. The number of benzene rings is 1. The van der Waals surface area contributed by atoms with Crippen LogP contribution in [0.4, 0.5) is 11.4 Å². The van der Waals surface area contributed by atoms with Gasteiger partial charge < -0.3 is 19.7 Å². The Morgan fingerprint density at radius 1 is 1.03 bits per heavy atom. The number of fused-ring (bicyclic) bond motifs is 1. The third-order valence-corrected chi connectivity index (χ3v) is 4.65. The Bertz CT molecular complexity index is 977. The molecule has 0 bridgehead atoms. The highest BCUT2D eigenvalue weighted by Crippen LogP contribution is 2.33. The Balaban J connectivity index is 1.36. The summed E-state index contributed by atoms with van der Waals surface area (Å²) in [5.41, 5.74) is 3.21. The molecule has 1 aliphatic heterocycles. The van der Waals surface area contributed by atoms with Crippen LogP contribution in [-0.4, -0.2) is 47.6 Å². The van der Waals surface area contributed by atoms with Crippen molar-refractivity contribution in [2.75, 3.05) is 32.1 Å². The number of carbonyl (C=O) groups excluding carboxylic acids is 1. The summed E-state index contributed by atoms with van der Waals surface area (Å²) in [5, 5.41) is 3.27. The number of carbonyl (C=O) groups is 1. The van der Waals surface area contributed by atoms with E-state index in [-0.39, 0.29) is 5.91 Å². The van der Waals surface area contributed by atoms with Gasteiger partial charge in [0.15, 0.2) is 11.5 Å². The lowest BCUT2D eigenvalue weighted by Gasteiger charge is -2.19. The largest absolute Gasteiger partial charge is 0.486 e. The van der Waals surface area contributed by atoms with Crippen LogP contribution in [0.3, 0.4) is 0 Å². The maximum atomic E-state index is 12.6. The molecule has 148 valence electrons. The van der Waals surface area contributed by atoms with Gasteiger partial charge in [0, 0.05) is 37.7 Å². The lowest BCUT2D eigenvalue weighted by atomic mass is 10.2. The maximum Gasteiger partial charge on any atom is 0.272 e. The summed E-state index contributed by atoms with van der Waals surface area (Å²) >= 11 is 0. The van der Waals surface area contributed by atoms with Gasteiger partial charge in [0.05, 0.1) is 11.9 Å². The van der Waals surface area contributed by atoms with Gasteiger partial charge >= 0.3 is 0 Å². The van der Waals surface area contributed by atoms with Crippen LogP contribution in [0.2, 0.25) is 0 Å². The predicted molar refractivity (Wildman–Crippen MR) is 110 cm³/mol. The third-order valence-electron chi connectivity index (χ3n) is 4.65. The van der Waals surface area contributed by atoms with Gasteiger partial charge in [-0.15, -0.1) is 0 Å². The molecular weight excluding hydrogens is 368 g/mol. The fourth-order valence-electron chi connectivity index (χ4n) is 3.03. The van der Waals surface area contributed by atoms with Crippen LogP contribution < -0.4 is 14.8 Å². The monoisotopic (exact) mass is 390 g/mol. The average molecular weight is 390 g/mol. The molecular formula is C22H22N4O3. The highest BCUT2D eigenvalue weighted by Gasteiger charge is 2.14. The van der Waals surface area contributed by atoms with Gasteiger partial charge in [0.2, 0.25) is 0 Å². The standard InChI is InChI=1S/C22H22N4O3/c1-26(11-8-16-6-9-23-10-7-16)22(27)19-4-2-18(15-24-19)25-17-3-5-20-21(14-17)29-13-12-28-20/h2-7,9-10,14-15,25H,8,11-13H2,1H3. The Morgan fingerprint density at radius 3 is 2.55 bits per heavy atom. The van der Waals surface area contributed by atoms with E-state index in [0.717, 1.165) is 34.9 Å². The van der Waals surface area contributed by atoms with E-state index in [4.69, 9.17) is 9.47 Å². The second kappa shape index (κ2) is 8.60. The van der Waals surface area contributed by atoms with Crippen molar-refractivity contribution in [3.05, 3.63) is 72.3 Å².